The molecule has 0 atom stereocenters. The van der Waals surface area contributed by atoms with E-state index in [0.29, 0.717) is 27.0 Å². The fourth-order valence-corrected chi connectivity index (χ4v) is 2.68. The molecule has 0 fully saturated rings. The molecule has 0 radical (unpaired) electrons. The van der Waals surface area contributed by atoms with Crippen molar-refractivity contribution in [3.63, 3.8) is 0 Å². The number of benzene rings is 1. The lowest BCUT2D eigenvalue weighted by molar-refractivity contribution is 0.462. The number of imidazole rings is 1. The van der Waals surface area contributed by atoms with Gasteiger partial charge in [-0.3, -0.25) is 4.40 Å². The molecule has 0 amide bonds. The molecule has 0 aliphatic carbocycles. The van der Waals surface area contributed by atoms with Crippen molar-refractivity contribution in [2.45, 2.75) is 5.33 Å². The Morgan fingerprint density at radius 1 is 1.15 bits per heavy atom. The summed E-state index contributed by atoms with van der Waals surface area (Å²) in [4.78, 5) is 4.47. The van der Waals surface area contributed by atoms with E-state index in [-0.39, 0.29) is 0 Å². The van der Waals surface area contributed by atoms with E-state index in [2.05, 4.69) is 20.9 Å². The number of rotatable bonds is 3. The summed E-state index contributed by atoms with van der Waals surface area (Å²) in [5, 5.41) is 1.58. The van der Waals surface area contributed by atoms with Gasteiger partial charge in [-0.2, -0.15) is 4.98 Å². The van der Waals surface area contributed by atoms with Crippen LogP contribution in [0.15, 0.2) is 42.6 Å². The Kier molecular flexibility index (Phi) is 3.87. The summed E-state index contributed by atoms with van der Waals surface area (Å²) in [6, 6.07) is 10.9. The summed E-state index contributed by atoms with van der Waals surface area (Å²) < 4.78 is 7.79. The standard InChI is InChI=1S/C14H9BrCl2N2O/c15-8-12-14(18-13-3-1-2-6-19(12)13)20-9-4-5-10(16)11(17)7-9/h1-7H,8H2. The molecule has 20 heavy (non-hydrogen) atoms. The quantitative estimate of drug-likeness (QED) is 0.582. The van der Waals surface area contributed by atoms with Gasteiger partial charge in [0.15, 0.2) is 0 Å². The molecule has 0 saturated heterocycles. The first-order chi connectivity index (χ1) is 9.69. The van der Waals surface area contributed by atoms with Crippen molar-refractivity contribution < 1.29 is 4.74 Å². The molecule has 102 valence electrons. The molecule has 0 spiro atoms. The van der Waals surface area contributed by atoms with Crippen molar-refractivity contribution in [1.29, 1.82) is 0 Å². The second-order valence-electron chi connectivity index (χ2n) is 4.10. The van der Waals surface area contributed by atoms with E-state index >= 15 is 0 Å². The van der Waals surface area contributed by atoms with Crippen LogP contribution in [0.4, 0.5) is 0 Å². The number of alkyl halides is 1. The second kappa shape index (κ2) is 5.64. The number of halogens is 3. The predicted octanol–water partition coefficient (Wildman–Crippen LogP) is 5.33. The highest BCUT2D eigenvalue weighted by molar-refractivity contribution is 9.08. The number of hydrogen-bond acceptors (Lipinski definition) is 2. The molecule has 3 aromatic rings. The molecule has 0 saturated carbocycles. The highest BCUT2D eigenvalue weighted by atomic mass is 79.9. The SMILES string of the molecule is Clc1ccc(Oc2nc3ccccn3c2CBr)cc1Cl. The largest absolute Gasteiger partial charge is 0.437 e. The molecule has 0 bridgehead atoms. The van der Waals surface area contributed by atoms with Crippen LogP contribution in [-0.4, -0.2) is 9.38 Å². The highest BCUT2D eigenvalue weighted by Crippen LogP contribution is 2.31. The summed E-state index contributed by atoms with van der Waals surface area (Å²) in [5.74, 6) is 1.15. The molecule has 2 heterocycles. The zero-order valence-electron chi connectivity index (χ0n) is 10.2. The van der Waals surface area contributed by atoms with Gasteiger partial charge in [0, 0.05) is 17.6 Å². The fraction of sp³-hybridized carbons (Fsp3) is 0.0714. The molecule has 0 aliphatic rings. The lowest BCUT2D eigenvalue weighted by Gasteiger charge is -2.05. The minimum Gasteiger partial charge on any atom is -0.437 e. The first kappa shape index (κ1) is 13.7. The Balaban J connectivity index is 2.03. The third-order valence-corrected chi connectivity index (χ3v) is 4.09. The van der Waals surface area contributed by atoms with E-state index in [9.17, 15) is 0 Å². The van der Waals surface area contributed by atoms with Crippen molar-refractivity contribution >= 4 is 44.8 Å². The van der Waals surface area contributed by atoms with Crippen LogP contribution < -0.4 is 4.74 Å². The molecular formula is C14H9BrCl2N2O. The Bertz CT molecular complexity index is 773. The van der Waals surface area contributed by atoms with Gasteiger partial charge in [-0.25, -0.2) is 0 Å². The predicted molar refractivity (Wildman–Crippen MR) is 84.4 cm³/mol. The van der Waals surface area contributed by atoms with Crippen molar-refractivity contribution in [1.82, 2.24) is 9.38 Å². The third-order valence-electron chi connectivity index (χ3n) is 2.82. The summed E-state index contributed by atoms with van der Waals surface area (Å²) >= 11 is 15.3. The topological polar surface area (TPSA) is 26.5 Å². The number of aromatic nitrogens is 2. The maximum atomic E-state index is 5.99. The van der Waals surface area contributed by atoms with E-state index in [4.69, 9.17) is 27.9 Å². The Labute approximate surface area is 134 Å². The number of pyridine rings is 1. The van der Waals surface area contributed by atoms with Crippen molar-refractivity contribution in [2.24, 2.45) is 0 Å². The minimum atomic E-state index is 0.452. The van der Waals surface area contributed by atoms with Gasteiger partial charge in [0.05, 0.1) is 15.7 Å². The number of nitrogens with zero attached hydrogens (tertiary/aromatic N) is 2. The zero-order valence-corrected chi connectivity index (χ0v) is 13.3. The summed E-state index contributed by atoms with van der Waals surface area (Å²) in [6.45, 7) is 0. The number of hydrogen-bond donors (Lipinski definition) is 0. The fourth-order valence-electron chi connectivity index (χ4n) is 1.88. The van der Waals surface area contributed by atoms with Crippen LogP contribution >= 0.6 is 39.1 Å². The first-order valence-corrected chi connectivity index (χ1v) is 7.71. The van der Waals surface area contributed by atoms with Gasteiger partial charge in [-0.15, -0.1) is 0 Å². The summed E-state index contributed by atoms with van der Waals surface area (Å²) in [5.41, 5.74) is 1.77. The van der Waals surface area contributed by atoms with Crippen LogP contribution in [0, 0.1) is 0 Å². The normalized spacial score (nSPS) is 10.9. The second-order valence-corrected chi connectivity index (χ2v) is 5.48. The maximum Gasteiger partial charge on any atom is 0.242 e. The van der Waals surface area contributed by atoms with Gasteiger partial charge in [0.1, 0.15) is 11.4 Å². The Hall–Kier alpha value is -1.23. The molecule has 0 aliphatic heterocycles. The monoisotopic (exact) mass is 370 g/mol. The minimum absolute atomic E-state index is 0.452. The van der Waals surface area contributed by atoms with Crippen LogP contribution in [0.1, 0.15) is 5.69 Å². The van der Waals surface area contributed by atoms with Gasteiger partial charge in [0.2, 0.25) is 5.88 Å². The Morgan fingerprint density at radius 3 is 2.75 bits per heavy atom. The average molecular weight is 372 g/mol. The number of ether oxygens (including phenoxy) is 1. The molecule has 3 rings (SSSR count). The van der Waals surface area contributed by atoms with E-state index < -0.39 is 0 Å². The van der Waals surface area contributed by atoms with Crippen molar-refractivity contribution in [2.75, 3.05) is 0 Å². The lowest BCUT2D eigenvalue weighted by atomic mass is 10.3. The summed E-state index contributed by atoms with van der Waals surface area (Å²) in [7, 11) is 0. The first-order valence-electron chi connectivity index (χ1n) is 5.84. The smallest absolute Gasteiger partial charge is 0.242 e. The molecule has 2 aromatic heterocycles. The number of fused-ring (bicyclic) bond motifs is 1. The Morgan fingerprint density at radius 2 is 2.00 bits per heavy atom. The van der Waals surface area contributed by atoms with Crippen LogP contribution in [-0.2, 0) is 5.33 Å². The highest BCUT2D eigenvalue weighted by Gasteiger charge is 2.13. The molecule has 6 heteroatoms. The van der Waals surface area contributed by atoms with Crippen molar-refractivity contribution in [3.05, 3.63) is 58.3 Å². The van der Waals surface area contributed by atoms with E-state index in [1.165, 1.54) is 0 Å². The molecule has 3 nitrogen and oxygen atoms in total. The van der Waals surface area contributed by atoms with Gasteiger partial charge in [-0.1, -0.05) is 45.2 Å². The van der Waals surface area contributed by atoms with Crippen LogP contribution in [0.5, 0.6) is 11.6 Å². The third kappa shape index (κ3) is 2.51. The van der Waals surface area contributed by atoms with Crippen molar-refractivity contribution in [3.8, 4) is 11.6 Å². The van der Waals surface area contributed by atoms with Gasteiger partial charge < -0.3 is 4.74 Å². The maximum absolute atomic E-state index is 5.99. The average Bonchev–Trinajstić information content (AvgIpc) is 2.80. The summed E-state index contributed by atoms with van der Waals surface area (Å²) in [6.07, 6.45) is 1.95. The van der Waals surface area contributed by atoms with E-state index in [1.807, 2.05) is 28.8 Å². The van der Waals surface area contributed by atoms with E-state index in [0.717, 1.165) is 11.3 Å². The van der Waals surface area contributed by atoms with E-state index in [1.54, 1.807) is 18.2 Å². The lowest BCUT2D eigenvalue weighted by Crippen LogP contribution is -1.91. The molecule has 1 aromatic carbocycles. The zero-order chi connectivity index (χ0) is 14.1. The van der Waals surface area contributed by atoms with Gasteiger partial charge in [0.25, 0.3) is 0 Å². The van der Waals surface area contributed by atoms with Crippen LogP contribution in [0.25, 0.3) is 5.65 Å². The molecule has 0 unspecified atom stereocenters. The molecule has 0 N–H and O–H groups in total. The molecular weight excluding hydrogens is 363 g/mol. The van der Waals surface area contributed by atoms with Crippen LogP contribution in [0.3, 0.4) is 0 Å². The van der Waals surface area contributed by atoms with Gasteiger partial charge >= 0.3 is 0 Å². The van der Waals surface area contributed by atoms with Gasteiger partial charge in [-0.05, 0) is 24.3 Å². The van der Waals surface area contributed by atoms with Crippen LogP contribution in [0.2, 0.25) is 10.0 Å².